The number of nitrogens with zero attached hydrogens (tertiary/aromatic N) is 1. The van der Waals surface area contributed by atoms with Gasteiger partial charge in [0.15, 0.2) is 5.79 Å². The van der Waals surface area contributed by atoms with Crippen molar-refractivity contribution in [2.24, 2.45) is 0 Å². The van der Waals surface area contributed by atoms with Gasteiger partial charge in [0.2, 0.25) is 0 Å². The first-order valence-corrected chi connectivity index (χ1v) is 8.93. The molecule has 6 nitrogen and oxygen atoms in total. The van der Waals surface area contributed by atoms with E-state index in [0.29, 0.717) is 13.2 Å². The summed E-state index contributed by atoms with van der Waals surface area (Å²) in [6.45, 7) is 2.97. The minimum atomic E-state index is -0.399. The van der Waals surface area contributed by atoms with Crippen LogP contribution >= 0.6 is 0 Å². The average Bonchev–Trinajstić information content (AvgIpc) is 2.85. The van der Waals surface area contributed by atoms with Gasteiger partial charge in [0.25, 0.3) is 0 Å². The maximum absolute atomic E-state index is 12.1. The Bertz CT molecular complexity index is 530. The molecule has 0 aromatic carbocycles. The summed E-state index contributed by atoms with van der Waals surface area (Å²) >= 11 is 0. The molecule has 2 heterocycles. The van der Waals surface area contributed by atoms with Gasteiger partial charge < -0.3 is 20.1 Å². The molecule has 1 aromatic rings. The summed E-state index contributed by atoms with van der Waals surface area (Å²) in [5, 5.41) is 5.82. The zero-order valence-corrected chi connectivity index (χ0v) is 14.3. The molecule has 2 unspecified atom stereocenters. The molecule has 2 fully saturated rings. The van der Waals surface area contributed by atoms with Gasteiger partial charge in [-0.05, 0) is 37.5 Å². The van der Waals surface area contributed by atoms with Crippen molar-refractivity contribution in [1.82, 2.24) is 15.6 Å². The van der Waals surface area contributed by atoms with E-state index in [1.54, 1.807) is 12.4 Å². The topological polar surface area (TPSA) is 72.5 Å². The second-order valence-corrected chi connectivity index (χ2v) is 6.73. The van der Waals surface area contributed by atoms with Crippen LogP contribution in [0.1, 0.15) is 57.1 Å². The third-order valence-corrected chi connectivity index (χ3v) is 4.82. The van der Waals surface area contributed by atoms with Gasteiger partial charge in [-0.15, -0.1) is 0 Å². The number of hydrogen-bond acceptors (Lipinski definition) is 4. The molecule has 3 rings (SSSR count). The van der Waals surface area contributed by atoms with Gasteiger partial charge in [-0.1, -0.05) is 12.8 Å². The zero-order valence-electron chi connectivity index (χ0n) is 14.3. The number of aromatic nitrogens is 1. The minimum absolute atomic E-state index is 0.0647. The highest BCUT2D eigenvalue weighted by atomic mass is 16.7. The summed E-state index contributed by atoms with van der Waals surface area (Å²) in [5.74, 6) is -0.399. The molecule has 0 radical (unpaired) electrons. The SMILES string of the molecule is CC(NC(=O)NCC1COC2(CCCCCC2)O1)c1ccncc1. The van der Waals surface area contributed by atoms with E-state index in [9.17, 15) is 4.79 Å². The summed E-state index contributed by atoms with van der Waals surface area (Å²) in [6.07, 6.45) is 10.1. The number of amides is 2. The Morgan fingerprint density at radius 3 is 2.71 bits per heavy atom. The van der Waals surface area contributed by atoms with Crippen LogP contribution in [0.4, 0.5) is 4.79 Å². The van der Waals surface area contributed by atoms with Crippen LogP contribution in [0.25, 0.3) is 0 Å². The number of hydrogen-bond donors (Lipinski definition) is 2. The molecule has 24 heavy (non-hydrogen) atoms. The van der Waals surface area contributed by atoms with Gasteiger partial charge in [0.1, 0.15) is 6.10 Å². The fourth-order valence-corrected chi connectivity index (χ4v) is 3.44. The molecule has 1 saturated carbocycles. The lowest BCUT2D eigenvalue weighted by molar-refractivity contribution is -0.175. The van der Waals surface area contributed by atoms with Crippen molar-refractivity contribution in [1.29, 1.82) is 0 Å². The van der Waals surface area contributed by atoms with E-state index in [1.807, 2.05) is 19.1 Å². The molecular weight excluding hydrogens is 306 g/mol. The van der Waals surface area contributed by atoms with Crippen LogP contribution in [0.15, 0.2) is 24.5 Å². The number of rotatable bonds is 4. The predicted octanol–water partition coefficient (Wildman–Crippen LogP) is 2.91. The molecular formula is C18H27N3O3. The molecule has 0 bridgehead atoms. The molecule has 6 heteroatoms. The summed E-state index contributed by atoms with van der Waals surface area (Å²) in [4.78, 5) is 16.1. The maximum Gasteiger partial charge on any atom is 0.315 e. The first-order chi connectivity index (χ1) is 11.7. The monoisotopic (exact) mass is 333 g/mol. The Morgan fingerprint density at radius 2 is 2.00 bits per heavy atom. The normalized spacial score (nSPS) is 24.3. The van der Waals surface area contributed by atoms with E-state index in [-0.39, 0.29) is 18.2 Å². The number of carbonyl (C=O) groups excluding carboxylic acids is 1. The van der Waals surface area contributed by atoms with Crippen LogP contribution in [-0.4, -0.2) is 36.1 Å². The van der Waals surface area contributed by atoms with Crippen molar-refractivity contribution in [2.75, 3.05) is 13.2 Å². The van der Waals surface area contributed by atoms with E-state index >= 15 is 0 Å². The van der Waals surface area contributed by atoms with Crippen LogP contribution in [-0.2, 0) is 9.47 Å². The first-order valence-electron chi connectivity index (χ1n) is 8.93. The van der Waals surface area contributed by atoms with Crippen molar-refractivity contribution in [3.8, 4) is 0 Å². The molecule has 2 aliphatic rings. The number of urea groups is 1. The molecule has 132 valence electrons. The van der Waals surface area contributed by atoms with Gasteiger partial charge >= 0.3 is 6.03 Å². The highest BCUT2D eigenvalue weighted by Crippen LogP contribution is 2.36. The molecule has 2 N–H and O–H groups in total. The molecule has 1 aromatic heterocycles. The summed E-state index contributed by atoms with van der Waals surface area (Å²) in [6, 6.07) is 3.54. The summed E-state index contributed by atoms with van der Waals surface area (Å²) in [7, 11) is 0. The van der Waals surface area contributed by atoms with Crippen molar-refractivity contribution in [3.63, 3.8) is 0 Å². The van der Waals surface area contributed by atoms with E-state index in [0.717, 1.165) is 31.2 Å². The second-order valence-electron chi connectivity index (χ2n) is 6.73. The van der Waals surface area contributed by atoms with Crippen LogP contribution < -0.4 is 10.6 Å². The Balaban J connectivity index is 1.42. The maximum atomic E-state index is 12.1. The standard InChI is InChI=1S/C18H27N3O3/c1-14(15-6-10-19-11-7-15)21-17(22)20-12-16-13-23-18(24-16)8-4-2-3-5-9-18/h6-7,10-11,14,16H,2-5,8-9,12-13H2,1H3,(H2,20,21,22). The predicted molar refractivity (Wildman–Crippen MR) is 90.4 cm³/mol. The Morgan fingerprint density at radius 1 is 1.29 bits per heavy atom. The lowest BCUT2D eigenvalue weighted by atomic mass is 10.1. The minimum Gasteiger partial charge on any atom is -0.347 e. The molecule has 1 aliphatic carbocycles. The van der Waals surface area contributed by atoms with E-state index < -0.39 is 5.79 Å². The van der Waals surface area contributed by atoms with Gasteiger partial charge in [-0.3, -0.25) is 4.98 Å². The lowest BCUT2D eigenvalue weighted by Gasteiger charge is -2.26. The van der Waals surface area contributed by atoms with Crippen molar-refractivity contribution in [2.45, 2.75) is 63.4 Å². The van der Waals surface area contributed by atoms with Crippen LogP contribution in [0.2, 0.25) is 0 Å². The summed E-state index contributed by atoms with van der Waals surface area (Å²) in [5.41, 5.74) is 1.03. The smallest absolute Gasteiger partial charge is 0.315 e. The van der Waals surface area contributed by atoms with E-state index in [2.05, 4.69) is 15.6 Å². The van der Waals surface area contributed by atoms with Crippen LogP contribution in [0.5, 0.6) is 0 Å². The number of carbonyl (C=O) groups is 1. The summed E-state index contributed by atoms with van der Waals surface area (Å²) < 4.78 is 12.1. The van der Waals surface area contributed by atoms with Gasteiger partial charge in [-0.2, -0.15) is 0 Å². The van der Waals surface area contributed by atoms with Crippen molar-refractivity contribution in [3.05, 3.63) is 30.1 Å². The number of ether oxygens (including phenoxy) is 2. The Labute approximate surface area is 143 Å². The number of pyridine rings is 1. The zero-order chi connectivity index (χ0) is 16.8. The van der Waals surface area contributed by atoms with Gasteiger partial charge in [-0.25, -0.2) is 4.79 Å². The number of nitrogens with one attached hydrogen (secondary N) is 2. The highest BCUT2D eigenvalue weighted by molar-refractivity contribution is 5.74. The lowest BCUT2D eigenvalue weighted by Crippen LogP contribution is -2.42. The first kappa shape index (κ1) is 17.2. The van der Waals surface area contributed by atoms with E-state index in [4.69, 9.17) is 9.47 Å². The van der Waals surface area contributed by atoms with Gasteiger partial charge in [0, 0.05) is 31.8 Å². The van der Waals surface area contributed by atoms with Crippen molar-refractivity contribution >= 4 is 6.03 Å². The second kappa shape index (κ2) is 7.94. The van der Waals surface area contributed by atoms with Crippen LogP contribution in [0.3, 0.4) is 0 Å². The largest absolute Gasteiger partial charge is 0.347 e. The van der Waals surface area contributed by atoms with Crippen LogP contribution in [0, 0.1) is 0 Å². The Kier molecular flexibility index (Phi) is 5.68. The van der Waals surface area contributed by atoms with Crippen molar-refractivity contribution < 1.29 is 14.3 Å². The Hall–Kier alpha value is -1.66. The fourth-order valence-electron chi connectivity index (χ4n) is 3.44. The molecule has 2 atom stereocenters. The quantitative estimate of drug-likeness (QED) is 0.889. The third kappa shape index (κ3) is 4.45. The molecule has 2 amide bonds. The highest BCUT2D eigenvalue weighted by Gasteiger charge is 2.41. The van der Waals surface area contributed by atoms with E-state index in [1.165, 1.54) is 12.8 Å². The fraction of sp³-hybridized carbons (Fsp3) is 0.667. The molecule has 1 aliphatic heterocycles. The molecule has 1 spiro atoms. The molecule has 1 saturated heterocycles. The third-order valence-electron chi connectivity index (χ3n) is 4.82. The average molecular weight is 333 g/mol. The van der Waals surface area contributed by atoms with Gasteiger partial charge in [0.05, 0.1) is 12.6 Å².